The molecule has 1 saturated carbocycles. The molecule has 1 aliphatic carbocycles. The summed E-state index contributed by atoms with van der Waals surface area (Å²) in [5, 5.41) is 9.39. The third-order valence-electron chi connectivity index (χ3n) is 3.78. The predicted molar refractivity (Wildman–Crippen MR) is 81.5 cm³/mol. The van der Waals surface area contributed by atoms with Gasteiger partial charge in [-0.2, -0.15) is 0 Å². The fourth-order valence-electron chi connectivity index (χ4n) is 2.72. The first-order valence-corrected chi connectivity index (χ1v) is 7.55. The van der Waals surface area contributed by atoms with Gasteiger partial charge >= 0.3 is 0 Å². The van der Waals surface area contributed by atoms with Gasteiger partial charge in [-0.3, -0.25) is 4.79 Å². The number of hydrogen-bond donors (Lipinski definition) is 1. The molecular formula is C16H19ClFNO2. The largest absolute Gasteiger partial charge is 0.395 e. The van der Waals surface area contributed by atoms with Gasteiger partial charge in [0.1, 0.15) is 5.82 Å². The molecule has 1 N–H and O–H groups in total. The minimum Gasteiger partial charge on any atom is -0.395 e. The van der Waals surface area contributed by atoms with Crippen LogP contribution in [0.3, 0.4) is 0 Å². The number of nitrogens with zero attached hydrogens (tertiary/aromatic N) is 1. The normalized spacial score (nSPS) is 15.8. The van der Waals surface area contributed by atoms with Gasteiger partial charge in [0.05, 0.1) is 11.6 Å². The Morgan fingerprint density at radius 1 is 1.43 bits per heavy atom. The number of rotatable bonds is 5. The predicted octanol–water partition coefficient (Wildman–Crippen LogP) is 3.26. The van der Waals surface area contributed by atoms with E-state index in [1.54, 1.807) is 11.0 Å². The van der Waals surface area contributed by atoms with E-state index < -0.39 is 5.82 Å². The zero-order valence-corrected chi connectivity index (χ0v) is 12.5. The highest BCUT2D eigenvalue weighted by Crippen LogP contribution is 2.24. The molecule has 0 bridgehead atoms. The summed E-state index contributed by atoms with van der Waals surface area (Å²) in [4.78, 5) is 13.9. The van der Waals surface area contributed by atoms with E-state index in [2.05, 4.69) is 0 Å². The summed E-state index contributed by atoms with van der Waals surface area (Å²) in [7, 11) is 0. The molecule has 2 rings (SSSR count). The second-order valence-electron chi connectivity index (χ2n) is 5.16. The lowest BCUT2D eigenvalue weighted by Crippen LogP contribution is -2.39. The average molecular weight is 312 g/mol. The molecule has 1 aliphatic rings. The van der Waals surface area contributed by atoms with Crippen molar-refractivity contribution < 1.29 is 14.3 Å². The van der Waals surface area contributed by atoms with Gasteiger partial charge in [-0.25, -0.2) is 4.39 Å². The van der Waals surface area contributed by atoms with Crippen LogP contribution in [0, 0.1) is 5.82 Å². The Morgan fingerprint density at radius 3 is 2.76 bits per heavy atom. The lowest BCUT2D eigenvalue weighted by molar-refractivity contribution is -0.128. The molecular weight excluding hydrogens is 293 g/mol. The van der Waals surface area contributed by atoms with Crippen LogP contribution in [-0.4, -0.2) is 35.1 Å². The van der Waals surface area contributed by atoms with Crippen molar-refractivity contribution >= 4 is 23.6 Å². The van der Waals surface area contributed by atoms with Gasteiger partial charge in [0, 0.05) is 24.2 Å². The monoisotopic (exact) mass is 311 g/mol. The van der Waals surface area contributed by atoms with Crippen LogP contribution in [0.15, 0.2) is 24.3 Å². The van der Waals surface area contributed by atoms with Crippen molar-refractivity contribution in [2.24, 2.45) is 0 Å². The standard InChI is InChI=1S/C16H19ClFNO2/c17-14-6-3-7-15(18)13(14)8-9-16(21)19(10-11-20)12-4-1-2-5-12/h3,6-9,12,20H,1-2,4-5,10-11H2. The van der Waals surface area contributed by atoms with Crippen LogP contribution in [-0.2, 0) is 4.79 Å². The fraction of sp³-hybridized carbons (Fsp3) is 0.438. The van der Waals surface area contributed by atoms with Crippen molar-refractivity contribution in [1.29, 1.82) is 0 Å². The first-order chi connectivity index (χ1) is 10.1. The van der Waals surface area contributed by atoms with E-state index in [1.165, 1.54) is 24.3 Å². The summed E-state index contributed by atoms with van der Waals surface area (Å²) < 4.78 is 13.7. The van der Waals surface area contributed by atoms with Crippen molar-refractivity contribution in [1.82, 2.24) is 4.90 Å². The molecule has 5 heteroatoms. The topological polar surface area (TPSA) is 40.5 Å². The Balaban J connectivity index is 2.12. The maximum atomic E-state index is 13.7. The van der Waals surface area contributed by atoms with Gasteiger partial charge in [-0.05, 0) is 31.1 Å². The van der Waals surface area contributed by atoms with Crippen LogP contribution in [0.2, 0.25) is 5.02 Å². The first kappa shape index (κ1) is 16.0. The van der Waals surface area contributed by atoms with E-state index in [0.717, 1.165) is 25.7 Å². The molecule has 0 unspecified atom stereocenters. The van der Waals surface area contributed by atoms with Gasteiger partial charge in [0.15, 0.2) is 0 Å². The Hall–Kier alpha value is -1.39. The highest BCUT2D eigenvalue weighted by atomic mass is 35.5. The summed E-state index contributed by atoms with van der Waals surface area (Å²) in [6.07, 6.45) is 6.85. The lowest BCUT2D eigenvalue weighted by Gasteiger charge is -2.27. The number of halogens is 2. The molecule has 1 aromatic rings. The third-order valence-corrected chi connectivity index (χ3v) is 4.11. The molecule has 0 aliphatic heterocycles. The zero-order valence-electron chi connectivity index (χ0n) is 11.8. The molecule has 1 fully saturated rings. The molecule has 0 radical (unpaired) electrons. The van der Waals surface area contributed by atoms with Crippen molar-refractivity contribution in [3.63, 3.8) is 0 Å². The second-order valence-corrected chi connectivity index (χ2v) is 5.57. The molecule has 1 aromatic carbocycles. The molecule has 21 heavy (non-hydrogen) atoms. The Labute approximate surface area is 129 Å². The SMILES string of the molecule is O=C(C=Cc1c(F)cccc1Cl)N(CCO)C1CCCC1. The van der Waals surface area contributed by atoms with Crippen LogP contribution in [0.4, 0.5) is 4.39 Å². The number of carbonyl (C=O) groups excluding carboxylic acids is 1. The number of aliphatic hydroxyl groups is 1. The van der Waals surface area contributed by atoms with E-state index in [9.17, 15) is 9.18 Å². The van der Waals surface area contributed by atoms with Crippen molar-refractivity contribution in [2.75, 3.05) is 13.2 Å². The highest BCUT2D eigenvalue weighted by Gasteiger charge is 2.24. The molecule has 0 heterocycles. The minimum atomic E-state index is -0.457. The number of benzene rings is 1. The van der Waals surface area contributed by atoms with Crippen LogP contribution >= 0.6 is 11.6 Å². The van der Waals surface area contributed by atoms with Gasteiger partial charge < -0.3 is 10.0 Å². The maximum Gasteiger partial charge on any atom is 0.246 e. The van der Waals surface area contributed by atoms with E-state index in [-0.39, 0.29) is 29.1 Å². The van der Waals surface area contributed by atoms with Crippen molar-refractivity contribution in [3.8, 4) is 0 Å². The molecule has 0 aromatic heterocycles. The van der Waals surface area contributed by atoms with E-state index in [4.69, 9.17) is 16.7 Å². The molecule has 0 spiro atoms. The zero-order chi connectivity index (χ0) is 15.2. The lowest BCUT2D eigenvalue weighted by atomic mass is 10.1. The van der Waals surface area contributed by atoms with E-state index in [0.29, 0.717) is 6.54 Å². The summed E-state index contributed by atoms with van der Waals surface area (Å²) in [6.45, 7) is 0.232. The summed E-state index contributed by atoms with van der Waals surface area (Å²) in [6, 6.07) is 4.58. The van der Waals surface area contributed by atoms with Gasteiger partial charge in [-0.15, -0.1) is 0 Å². The van der Waals surface area contributed by atoms with Crippen molar-refractivity contribution in [2.45, 2.75) is 31.7 Å². The maximum absolute atomic E-state index is 13.7. The van der Waals surface area contributed by atoms with Crippen LogP contribution in [0.5, 0.6) is 0 Å². The van der Waals surface area contributed by atoms with Crippen LogP contribution in [0.25, 0.3) is 6.08 Å². The Kier molecular flexibility index (Phi) is 5.76. The number of carbonyl (C=O) groups is 1. The number of amides is 1. The Morgan fingerprint density at radius 2 is 2.14 bits per heavy atom. The van der Waals surface area contributed by atoms with Gasteiger partial charge in [-0.1, -0.05) is 30.5 Å². The third kappa shape index (κ3) is 4.05. The molecule has 1 amide bonds. The molecule has 0 saturated heterocycles. The summed E-state index contributed by atoms with van der Waals surface area (Å²) in [5.74, 6) is -0.670. The number of aliphatic hydroxyl groups excluding tert-OH is 1. The van der Waals surface area contributed by atoms with Gasteiger partial charge in [0.2, 0.25) is 5.91 Å². The summed E-state index contributed by atoms with van der Waals surface area (Å²) in [5.41, 5.74) is 0.211. The summed E-state index contributed by atoms with van der Waals surface area (Å²) >= 11 is 5.92. The number of hydrogen-bond acceptors (Lipinski definition) is 2. The molecule has 0 atom stereocenters. The second kappa shape index (κ2) is 7.57. The van der Waals surface area contributed by atoms with Crippen LogP contribution < -0.4 is 0 Å². The molecule has 114 valence electrons. The minimum absolute atomic E-state index is 0.0729. The fourth-order valence-corrected chi connectivity index (χ4v) is 2.94. The smallest absolute Gasteiger partial charge is 0.246 e. The van der Waals surface area contributed by atoms with Gasteiger partial charge in [0.25, 0.3) is 0 Å². The molecule has 3 nitrogen and oxygen atoms in total. The Bertz CT molecular complexity index is 507. The quantitative estimate of drug-likeness (QED) is 0.848. The average Bonchev–Trinajstić information content (AvgIpc) is 2.97. The first-order valence-electron chi connectivity index (χ1n) is 7.17. The van der Waals surface area contributed by atoms with Crippen molar-refractivity contribution in [3.05, 3.63) is 40.7 Å². The van der Waals surface area contributed by atoms with E-state index in [1.807, 2.05) is 0 Å². The van der Waals surface area contributed by atoms with Crippen LogP contribution in [0.1, 0.15) is 31.2 Å². The van der Waals surface area contributed by atoms with E-state index >= 15 is 0 Å². The highest BCUT2D eigenvalue weighted by molar-refractivity contribution is 6.32.